The lowest BCUT2D eigenvalue weighted by Gasteiger charge is -2.53. The number of nitrogens with zero attached hydrogens (tertiary/aromatic N) is 1. The number of aliphatic hydroxyl groups is 5. The third kappa shape index (κ3) is 11.0. The SMILES string of the molecule is CCCNC[C@]1(O)[C@H](C)O[C@@H](O[C@H]2[C@H](C)C(O[C@@H]3O[C@H](C)C[C@H](N(C)C)[C@H]3O)[C@](C)(O)C[C@@H](C)CN[C@H](C)[C@@H](O)[C@](C)(O)[C@@H](CC)OC(=O)[C@@H]2C)C[C@@]1(C)OC. The maximum Gasteiger partial charge on any atom is 0.311 e. The van der Waals surface area contributed by atoms with E-state index in [-0.39, 0.29) is 43.9 Å². The van der Waals surface area contributed by atoms with E-state index in [2.05, 4.69) is 10.6 Å². The third-order valence-corrected chi connectivity index (χ3v) is 13.0. The number of ether oxygens (including phenoxy) is 6. The zero-order valence-electron chi connectivity index (χ0n) is 36.8. The third-order valence-electron chi connectivity index (χ3n) is 13.0. The molecule has 3 heterocycles. The van der Waals surface area contributed by atoms with Crippen molar-refractivity contribution in [2.75, 3.05) is 40.8 Å². The van der Waals surface area contributed by atoms with Crippen molar-refractivity contribution in [1.82, 2.24) is 15.5 Å². The number of hydrogen-bond donors (Lipinski definition) is 7. The second kappa shape index (κ2) is 20.0. The Hall–Kier alpha value is -1.05. The van der Waals surface area contributed by atoms with Gasteiger partial charge in [-0.05, 0) is 107 Å². The van der Waals surface area contributed by atoms with Crippen LogP contribution in [0.4, 0.5) is 0 Å². The van der Waals surface area contributed by atoms with Crippen molar-refractivity contribution >= 4 is 5.97 Å². The summed E-state index contributed by atoms with van der Waals surface area (Å²) in [7, 11) is 5.31. The first-order chi connectivity index (χ1) is 25.9. The van der Waals surface area contributed by atoms with Crippen molar-refractivity contribution in [1.29, 1.82) is 0 Å². The molecule has 0 aromatic rings. The highest BCUT2D eigenvalue weighted by Gasteiger charge is 2.58. The molecule has 0 amide bonds. The molecule has 0 bridgehead atoms. The van der Waals surface area contributed by atoms with Crippen LogP contribution in [0.1, 0.15) is 108 Å². The minimum absolute atomic E-state index is 0.0939. The van der Waals surface area contributed by atoms with E-state index in [1.54, 1.807) is 34.6 Å². The molecule has 3 aliphatic heterocycles. The summed E-state index contributed by atoms with van der Waals surface area (Å²) in [5.74, 6) is -2.66. The quantitative estimate of drug-likeness (QED) is 0.118. The molecular formula is C41H79N3O12. The number of nitrogens with one attached hydrogen (secondary N) is 2. The molecule has 7 N–H and O–H groups in total. The molecule has 3 aliphatic rings. The predicted molar refractivity (Wildman–Crippen MR) is 212 cm³/mol. The van der Waals surface area contributed by atoms with Crippen LogP contribution in [0.15, 0.2) is 0 Å². The number of likely N-dealkylation sites (N-methyl/N-ethyl adjacent to an activating group) is 1. The molecule has 56 heavy (non-hydrogen) atoms. The second-order valence-corrected chi connectivity index (χ2v) is 18.2. The lowest BCUT2D eigenvalue weighted by Crippen LogP contribution is -2.70. The van der Waals surface area contributed by atoms with Gasteiger partial charge in [0.05, 0.1) is 35.9 Å². The molecule has 0 spiro atoms. The standard InChI is InChI=1S/C41H79N3O12/c1-15-17-42-22-41(50)28(8)53-31(20-39(41,10)51-14)55-33-25(5)35(56-37-32(45)29(44(12)13)18-24(4)52-37)38(9,48)19-23(3)21-43-27(7)34(46)40(11,49)30(16-2)54-36(47)26(33)6/h23-35,37,42-43,45-46,48-50H,15-22H2,1-14H3/t23-,24-,25+,26-,27-,28+,29+,30-,31+,32-,33+,34-,35?,37+,38-,39-,40-,41+/m1/s1. The van der Waals surface area contributed by atoms with E-state index in [1.165, 1.54) is 14.0 Å². The summed E-state index contributed by atoms with van der Waals surface area (Å²) in [5.41, 5.74) is -5.95. The highest BCUT2D eigenvalue weighted by atomic mass is 16.7. The molecule has 3 fully saturated rings. The van der Waals surface area contributed by atoms with Crippen LogP contribution in [0.25, 0.3) is 0 Å². The van der Waals surface area contributed by atoms with Crippen molar-refractivity contribution in [2.45, 2.75) is 198 Å². The minimum Gasteiger partial charge on any atom is -0.459 e. The van der Waals surface area contributed by atoms with E-state index in [1.807, 2.05) is 53.6 Å². The fourth-order valence-electron chi connectivity index (χ4n) is 9.21. The topological polar surface area (TPSA) is 201 Å². The number of cyclic esters (lactones) is 1. The first kappa shape index (κ1) is 49.3. The van der Waals surface area contributed by atoms with E-state index in [4.69, 9.17) is 28.4 Å². The van der Waals surface area contributed by atoms with Crippen LogP contribution >= 0.6 is 0 Å². The van der Waals surface area contributed by atoms with E-state index in [9.17, 15) is 30.3 Å². The van der Waals surface area contributed by atoms with Crippen molar-refractivity contribution in [3.05, 3.63) is 0 Å². The van der Waals surface area contributed by atoms with E-state index >= 15 is 0 Å². The maximum atomic E-state index is 14.3. The summed E-state index contributed by atoms with van der Waals surface area (Å²) in [6.07, 6.45) is -6.71. The number of carbonyl (C=O) groups is 1. The van der Waals surface area contributed by atoms with Gasteiger partial charge in [0.15, 0.2) is 12.6 Å². The van der Waals surface area contributed by atoms with Crippen LogP contribution in [0, 0.1) is 17.8 Å². The summed E-state index contributed by atoms with van der Waals surface area (Å²) in [5, 5.41) is 65.8. The Morgan fingerprint density at radius 1 is 0.964 bits per heavy atom. The molecule has 3 rings (SSSR count). The summed E-state index contributed by atoms with van der Waals surface area (Å²) in [4.78, 5) is 16.2. The Bertz CT molecular complexity index is 1230. The molecule has 0 radical (unpaired) electrons. The first-order valence-corrected chi connectivity index (χ1v) is 20.9. The monoisotopic (exact) mass is 806 g/mol. The average molecular weight is 806 g/mol. The van der Waals surface area contributed by atoms with Crippen LogP contribution in [0.5, 0.6) is 0 Å². The number of hydrogen-bond acceptors (Lipinski definition) is 15. The molecule has 18 atom stereocenters. The van der Waals surface area contributed by atoms with Gasteiger partial charge in [-0.1, -0.05) is 27.7 Å². The Kier molecular flexibility index (Phi) is 17.6. The Labute approximate surface area is 336 Å². The van der Waals surface area contributed by atoms with Gasteiger partial charge in [-0.15, -0.1) is 0 Å². The van der Waals surface area contributed by atoms with Gasteiger partial charge in [0, 0.05) is 38.1 Å². The molecule has 1 unspecified atom stereocenters. The van der Waals surface area contributed by atoms with Gasteiger partial charge in [-0.3, -0.25) is 4.79 Å². The Morgan fingerprint density at radius 2 is 1.61 bits per heavy atom. The molecule has 0 aromatic carbocycles. The molecular weight excluding hydrogens is 726 g/mol. The molecule has 0 aliphatic carbocycles. The number of carbonyl (C=O) groups excluding carboxylic acids is 1. The van der Waals surface area contributed by atoms with Gasteiger partial charge in [0.2, 0.25) is 0 Å². The molecule has 330 valence electrons. The van der Waals surface area contributed by atoms with Crippen molar-refractivity contribution in [2.24, 2.45) is 17.8 Å². The van der Waals surface area contributed by atoms with Crippen molar-refractivity contribution in [3.63, 3.8) is 0 Å². The van der Waals surface area contributed by atoms with E-state index < -0.39 is 95.5 Å². The first-order valence-electron chi connectivity index (χ1n) is 20.9. The minimum atomic E-state index is -1.81. The van der Waals surface area contributed by atoms with Gasteiger partial charge in [0.25, 0.3) is 0 Å². The van der Waals surface area contributed by atoms with Crippen LogP contribution in [-0.2, 0) is 33.2 Å². The van der Waals surface area contributed by atoms with Gasteiger partial charge in [-0.25, -0.2) is 0 Å². The van der Waals surface area contributed by atoms with Crippen LogP contribution in [0.3, 0.4) is 0 Å². The summed E-state index contributed by atoms with van der Waals surface area (Å²) in [6.45, 7) is 20.9. The van der Waals surface area contributed by atoms with E-state index in [0.29, 0.717) is 19.5 Å². The second-order valence-electron chi connectivity index (χ2n) is 18.2. The largest absolute Gasteiger partial charge is 0.459 e. The number of rotatable bonds is 11. The van der Waals surface area contributed by atoms with Crippen LogP contribution in [-0.4, -0.2) is 167 Å². The van der Waals surface area contributed by atoms with Gasteiger partial charge in [0.1, 0.15) is 35.1 Å². The zero-order chi connectivity index (χ0) is 42.6. The normalized spacial score (nSPS) is 47.9. The summed E-state index contributed by atoms with van der Waals surface area (Å²) < 4.78 is 38.3. The van der Waals surface area contributed by atoms with Crippen LogP contribution < -0.4 is 10.6 Å². The highest BCUT2D eigenvalue weighted by Crippen LogP contribution is 2.43. The predicted octanol–water partition coefficient (Wildman–Crippen LogP) is 1.93. The fraction of sp³-hybridized carbons (Fsp3) is 0.976. The Balaban J connectivity index is 2.16. The number of esters is 1. The van der Waals surface area contributed by atoms with Crippen molar-refractivity contribution in [3.8, 4) is 0 Å². The number of methoxy groups -OCH3 is 1. The fourth-order valence-corrected chi connectivity index (χ4v) is 9.21. The van der Waals surface area contributed by atoms with Crippen molar-refractivity contribution < 1.29 is 58.7 Å². The van der Waals surface area contributed by atoms with E-state index in [0.717, 1.165) is 6.42 Å². The number of aliphatic hydroxyl groups excluding tert-OH is 2. The van der Waals surface area contributed by atoms with Gasteiger partial charge < -0.3 is 69.5 Å². The molecule has 15 heteroatoms. The molecule has 3 saturated heterocycles. The zero-order valence-corrected chi connectivity index (χ0v) is 36.8. The summed E-state index contributed by atoms with van der Waals surface area (Å²) >= 11 is 0. The highest BCUT2D eigenvalue weighted by molar-refractivity contribution is 5.73. The van der Waals surface area contributed by atoms with Gasteiger partial charge >= 0.3 is 5.97 Å². The Morgan fingerprint density at radius 3 is 2.18 bits per heavy atom. The smallest absolute Gasteiger partial charge is 0.311 e. The lowest BCUT2D eigenvalue weighted by molar-refractivity contribution is -0.336. The lowest BCUT2D eigenvalue weighted by atomic mass is 9.75. The molecule has 15 nitrogen and oxygen atoms in total. The summed E-state index contributed by atoms with van der Waals surface area (Å²) in [6, 6.07) is -0.877. The average Bonchev–Trinajstić information content (AvgIpc) is 3.12. The van der Waals surface area contributed by atoms with Gasteiger partial charge in [-0.2, -0.15) is 0 Å². The molecule has 0 aromatic heterocycles. The molecule has 0 saturated carbocycles. The van der Waals surface area contributed by atoms with Crippen LogP contribution in [0.2, 0.25) is 0 Å². The maximum absolute atomic E-state index is 14.3.